The van der Waals surface area contributed by atoms with E-state index in [4.69, 9.17) is 11.6 Å². The van der Waals surface area contributed by atoms with Gasteiger partial charge in [0.2, 0.25) is 5.91 Å². The first kappa shape index (κ1) is 17.9. The Morgan fingerprint density at radius 3 is 2.66 bits per heavy atom. The minimum Gasteiger partial charge on any atom is -0.310 e. The van der Waals surface area contributed by atoms with E-state index in [9.17, 15) is 9.59 Å². The van der Waals surface area contributed by atoms with Crippen LogP contribution >= 0.6 is 11.6 Å². The number of nitrogens with one attached hydrogen (secondary N) is 1. The summed E-state index contributed by atoms with van der Waals surface area (Å²) < 4.78 is 0. The number of aromatic nitrogens is 2. The first-order valence-electron chi connectivity index (χ1n) is 9.58. The number of hydrogen-bond donors (Lipinski definition) is 1. The highest BCUT2D eigenvalue weighted by Crippen LogP contribution is 2.49. The second-order valence-electron chi connectivity index (χ2n) is 7.31. The second kappa shape index (κ2) is 6.74. The fourth-order valence-electron chi connectivity index (χ4n) is 4.58. The van der Waals surface area contributed by atoms with Gasteiger partial charge in [-0.3, -0.25) is 14.7 Å². The van der Waals surface area contributed by atoms with Crippen LogP contribution in [0.5, 0.6) is 0 Å². The molecule has 1 fully saturated rings. The van der Waals surface area contributed by atoms with Gasteiger partial charge in [-0.2, -0.15) is 5.10 Å². The molecule has 1 unspecified atom stereocenters. The van der Waals surface area contributed by atoms with Gasteiger partial charge in [-0.25, -0.2) is 0 Å². The minimum atomic E-state index is -0.927. The van der Waals surface area contributed by atoms with Crippen LogP contribution in [0.15, 0.2) is 60.8 Å². The van der Waals surface area contributed by atoms with Gasteiger partial charge in [0.05, 0.1) is 0 Å². The SMILES string of the molecule is O=C(CCc1ccn[nH]1)N1CCN2C(=O)c3ccccc3C12c1ccc(Cl)cc1. The summed E-state index contributed by atoms with van der Waals surface area (Å²) in [6, 6.07) is 16.9. The van der Waals surface area contributed by atoms with Crippen LogP contribution in [0.2, 0.25) is 5.02 Å². The van der Waals surface area contributed by atoms with Gasteiger partial charge in [0.1, 0.15) is 0 Å². The van der Waals surface area contributed by atoms with Crippen molar-refractivity contribution in [2.45, 2.75) is 18.5 Å². The largest absolute Gasteiger partial charge is 0.310 e. The molecule has 146 valence electrons. The maximum atomic E-state index is 13.4. The summed E-state index contributed by atoms with van der Waals surface area (Å²) in [5.41, 5.74) is 2.35. The van der Waals surface area contributed by atoms with Gasteiger partial charge in [-0.15, -0.1) is 0 Å². The Morgan fingerprint density at radius 1 is 1.10 bits per heavy atom. The molecule has 5 rings (SSSR count). The van der Waals surface area contributed by atoms with E-state index in [1.165, 1.54) is 0 Å². The molecule has 0 aliphatic carbocycles. The smallest absolute Gasteiger partial charge is 0.256 e. The molecule has 1 aromatic heterocycles. The average Bonchev–Trinajstić information content (AvgIpc) is 3.44. The molecule has 0 spiro atoms. The molecule has 1 atom stereocenters. The van der Waals surface area contributed by atoms with Gasteiger partial charge in [0, 0.05) is 53.1 Å². The van der Waals surface area contributed by atoms with Crippen LogP contribution < -0.4 is 0 Å². The van der Waals surface area contributed by atoms with Crippen molar-refractivity contribution < 1.29 is 9.59 Å². The third kappa shape index (κ3) is 2.59. The molecular formula is C22H19ClN4O2. The summed E-state index contributed by atoms with van der Waals surface area (Å²) >= 11 is 6.12. The predicted molar refractivity (Wildman–Crippen MR) is 108 cm³/mol. The number of amides is 2. The molecule has 0 radical (unpaired) electrons. The van der Waals surface area contributed by atoms with Crippen LogP contribution in [0.25, 0.3) is 0 Å². The maximum absolute atomic E-state index is 13.4. The van der Waals surface area contributed by atoms with Crippen LogP contribution in [-0.4, -0.2) is 44.9 Å². The Bertz CT molecular complexity index is 1080. The van der Waals surface area contributed by atoms with E-state index in [2.05, 4.69) is 10.2 Å². The van der Waals surface area contributed by atoms with Crippen molar-refractivity contribution in [3.63, 3.8) is 0 Å². The number of rotatable bonds is 4. The summed E-state index contributed by atoms with van der Waals surface area (Å²) in [5, 5.41) is 7.46. The van der Waals surface area contributed by atoms with Crippen molar-refractivity contribution in [1.82, 2.24) is 20.0 Å². The molecule has 6 nitrogen and oxygen atoms in total. The highest BCUT2D eigenvalue weighted by atomic mass is 35.5. The average molecular weight is 407 g/mol. The Morgan fingerprint density at radius 2 is 1.90 bits per heavy atom. The number of hydrogen-bond acceptors (Lipinski definition) is 3. The molecule has 1 saturated heterocycles. The molecule has 2 aliphatic heterocycles. The van der Waals surface area contributed by atoms with Gasteiger partial charge in [-0.05, 0) is 30.7 Å². The van der Waals surface area contributed by atoms with Crippen LogP contribution in [0.3, 0.4) is 0 Å². The molecule has 0 saturated carbocycles. The zero-order valence-electron chi connectivity index (χ0n) is 15.6. The molecular weight excluding hydrogens is 388 g/mol. The monoisotopic (exact) mass is 406 g/mol. The lowest BCUT2D eigenvalue weighted by Crippen LogP contribution is -2.51. The van der Waals surface area contributed by atoms with Crippen molar-refractivity contribution >= 4 is 23.4 Å². The summed E-state index contributed by atoms with van der Waals surface area (Å²) in [5.74, 6) is -0.0408. The van der Waals surface area contributed by atoms with Crippen molar-refractivity contribution in [2.75, 3.05) is 13.1 Å². The number of aryl methyl sites for hydroxylation is 1. The number of H-pyrrole nitrogens is 1. The van der Waals surface area contributed by atoms with Crippen LogP contribution in [0, 0.1) is 0 Å². The molecule has 2 aromatic carbocycles. The second-order valence-corrected chi connectivity index (χ2v) is 7.75. The zero-order chi connectivity index (χ0) is 20.0. The van der Waals surface area contributed by atoms with Crippen molar-refractivity contribution in [2.24, 2.45) is 0 Å². The highest BCUT2D eigenvalue weighted by Gasteiger charge is 2.59. The Kier molecular flexibility index (Phi) is 4.17. The van der Waals surface area contributed by atoms with E-state index in [0.29, 0.717) is 36.5 Å². The molecule has 3 aromatic rings. The van der Waals surface area contributed by atoms with Crippen molar-refractivity contribution in [1.29, 1.82) is 0 Å². The third-order valence-electron chi connectivity index (χ3n) is 5.82. The highest BCUT2D eigenvalue weighted by molar-refractivity contribution is 6.30. The quantitative estimate of drug-likeness (QED) is 0.723. The summed E-state index contributed by atoms with van der Waals surface area (Å²) in [6.07, 6.45) is 2.59. The van der Waals surface area contributed by atoms with Gasteiger partial charge >= 0.3 is 0 Å². The van der Waals surface area contributed by atoms with E-state index in [0.717, 1.165) is 16.8 Å². The molecule has 2 amide bonds. The third-order valence-corrected chi connectivity index (χ3v) is 6.07. The number of aromatic amines is 1. The normalized spacial score (nSPS) is 20.1. The number of fused-ring (bicyclic) bond motifs is 3. The van der Waals surface area contributed by atoms with Crippen molar-refractivity contribution in [3.05, 3.63) is 88.2 Å². The topological polar surface area (TPSA) is 69.3 Å². The predicted octanol–water partition coefficient (Wildman–Crippen LogP) is 3.20. The Balaban J connectivity index is 1.61. The number of halogens is 1. The summed E-state index contributed by atoms with van der Waals surface area (Å²) in [4.78, 5) is 30.2. The van der Waals surface area contributed by atoms with Crippen LogP contribution in [0.4, 0.5) is 0 Å². The number of nitrogens with zero attached hydrogens (tertiary/aromatic N) is 3. The van der Waals surface area contributed by atoms with Crippen LogP contribution in [0.1, 0.15) is 33.6 Å². The Labute approximate surface area is 173 Å². The van der Waals surface area contributed by atoms with Gasteiger partial charge < -0.3 is 9.80 Å². The van der Waals surface area contributed by atoms with Gasteiger partial charge in [0.25, 0.3) is 5.91 Å². The fraction of sp³-hybridized carbons (Fsp3) is 0.227. The number of carbonyl (C=O) groups excluding carboxylic acids is 2. The summed E-state index contributed by atoms with van der Waals surface area (Å²) in [7, 11) is 0. The molecule has 3 heterocycles. The zero-order valence-corrected chi connectivity index (χ0v) is 16.4. The lowest BCUT2D eigenvalue weighted by Gasteiger charge is -2.40. The molecule has 7 heteroatoms. The molecule has 1 N–H and O–H groups in total. The fourth-order valence-corrected chi connectivity index (χ4v) is 4.71. The number of benzene rings is 2. The summed E-state index contributed by atoms with van der Waals surface area (Å²) in [6.45, 7) is 0.983. The van der Waals surface area contributed by atoms with E-state index in [1.807, 2.05) is 52.3 Å². The van der Waals surface area contributed by atoms with Gasteiger partial charge in [0.15, 0.2) is 5.66 Å². The maximum Gasteiger partial charge on any atom is 0.256 e. The van der Waals surface area contributed by atoms with Crippen LogP contribution in [-0.2, 0) is 16.9 Å². The first-order chi connectivity index (χ1) is 14.1. The molecule has 29 heavy (non-hydrogen) atoms. The standard InChI is InChI=1S/C22H19ClN4O2/c23-16-7-5-15(6-8-16)22-19-4-2-1-3-18(19)21(29)27(22)14-13-26(22)20(28)10-9-17-11-12-24-25-17/h1-8,11-12H,9-10,13-14H2,(H,24,25). The molecule has 0 bridgehead atoms. The van der Waals surface area contributed by atoms with E-state index < -0.39 is 5.66 Å². The Hall–Kier alpha value is -3.12. The lowest BCUT2D eigenvalue weighted by atomic mass is 9.89. The van der Waals surface area contributed by atoms with E-state index in [-0.39, 0.29) is 11.8 Å². The van der Waals surface area contributed by atoms with Gasteiger partial charge in [-0.1, -0.05) is 41.9 Å². The lowest BCUT2D eigenvalue weighted by molar-refractivity contribution is -0.136. The minimum absolute atomic E-state index is 0.00144. The van der Waals surface area contributed by atoms with Crippen molar-refractivity contribution in [3.8, 4) is 0 Å². The molecule has 2 aliphatic rings. The van der Waals surface area contributed by atoms with E-state index >= 15 is 0 Å². The van der Waals surface area contributed by atoms with E-state index in [1.54, 1.807) is 18.3 Å². The first-order valence-corrected chi connectivity index (χ1v) is 9.96. The number of carbonyl (C=O) groups is 2.